The largest absolute Gasteiger partial charge is 0.497 e. The Hall–Kier alpha value is -3.85. The lowest BCUT2D eigenvalue weighted by atomic mass is 9.96. The van der Waals surface area contributed by atoms with Crippen molar-refractivity contribution in [1.29, 1.82) is 0 Å². The molecule has 4 rings (SSSR count). The molecule has 0 N–H and O–H groups in total. The summed E-state index contributed by atoms with van der Waals surface area (Å²) >= 11 is 1.25. The molecule has 2 aromatic carbocycles. The average molecular weight is 509 g/mol. The zero-order valence-corrected chi connectivity index (χ0v) is 21.7. The molecular weight excluding hydrogens is 480 g/mol. The van der Waals surface area contributed by atoms with Gasteiger partial charge in [-0.05, 0) is 62.7 Å². The minimum atomic E-state index is -0.690. The fourth-order valence-corrected chi connectivity index (χ4v) is 5.15. The number of thiazole rings is 1. The van der Waals surface area contributed by atoms with Crippen LogP contribution < -0.4 is 29.1 Å². The summed E-state index contributed by atoms with van der Waals surface area (Å²) in [6.45, 7) is 6.17. The van der Waals surface area contributed by atoms with E-state index in [1.165, 1.54) is 11.3 Å². The van der Waals surface area contributed by atoms with E-state index >= 15 is 0 Å². The Bertz CT molecular complexity index is 1480. The van der Waals surface area contributed by atoms with Gasteiger partial charge in [0.2, 0.25) is 0 Å². The van der Waals surface area contributed by atoms with E-state index in [4.69, 9.17) is 18.9 Å². The normalized spacial score (nSPS) is 15.2. The smallest absolute Gasteiger partial charge is 0.338 e. The Morgan fingerprint density at radius 3 is 2.42 bits per heavy atom. The number of ether oxygens (including phenoxy) is 4. The van der Waals surface area contributed by atoms with Gasteiger partial charge in [-0.2, -0.15) is 0 Å². The van der Waals surface area contributed by atoms with Crippen molar-refractivity contribution in [2.45, 2.75) is 26.8 Å². The van der Waals surface area contributed by atoms with Crippen molar-refractivity contribution in [1.82, 2.24) is 4.57 Å². The van der Waals surface area contributed by atoms with Gasteiger partial charge < -0.3 is 18.9 Å². The number of carbonyl (C=O) groups excluding carboxylic acids is 1. The van der Waals surface area contributed by atoms with Crippen molar-refractivity contribution >= 4 is 23.4 Å². The second-order valence-electron chi connectivity index (χ2n) is 7.91. The van der Waals surface area contributed by atoms with Crippen LogP contribution in [0.4, 0.5) is 0 Å². The van der Waals surface area contributed by atoms with Gasteiger partial charge in [0.05, 0.1) is 49.3 Å². The second kappa shape index (κ2) is 10.8. The first-order chi connectivity index (χ1) is 17.4. The number of methoxy groups -OCH3 is 2. The number of esters is 1. The van der Waals surface area contributed by atoms with Crippen molar-refractivity contribution in [3.8, 4) is 17.2 Å². The lowest BCUT2D eigenvalue weighted by Gasteiger charge is -2.24. The molecular formula is C27H28N2O6S. The Kier molecular flexibility index (Phi) is 7.59. The third-order valence-electron chi connectivity index (χ3n) is 5.75. The van der Waals surface area contributed by atoms with Gasteiger partial charge in [0.15, 0.2) is 4.80 Å². The van der Waals surface area contributed by atoms with Crippen LogP contribution in [-0.2, 0) is 9.53 Å². The van der Waals surface area contributed by atoms with E-state index in [1.54, 1.807) is 56.9 Å². The minimum Gasteiger partial charge on any atom is -0.497 e. The van der Waals surface area contributed by atoms with Gasteiger partial charge >= 0.3 is 5.97 Å². The summed E-state index contributed by atoms with van der Waals surface area (Å²) in [6, 6.07) is 12.1. The Morgan fingerprint density at radius 2 is 1.78 bits per heavy atom. The second-order valence-corrected chi connectivity index (χ2v) is 8.92. The maximum atomic E-state index is 13.8. The van der Waals surface area contributed by atoms with E-state index < -0.39 is 12.0 Å². The SMILES string of the molecule is CCOC(=O)C1=C(C)N=c2sc(=Cc3cc(OC)ccc3OC)c(=O)n2C1c1ccc(OCC)cc1. The Morgan fingerprint density at radius 1 is 1.06 bits per heavy atom. The molecule has 0 aliphatic carbocycles. The molecule has 0 radical (unpaired) electrons. The predicted octanol–water partition coefficient (Wildman–Crippen LogP) is 3.21. The third-order valence-corrected chi connectivity index (χ3v) is 6.73. The van der Waals surface area contributed by atoms with Crippen LogP contribution in [-0.4, -0.2) is 38.0 Å². The molecule has 2 heterocycles. The molecule has 1 aliphatic rings. The molecule has 188 valence electrons. The number of benzene rings is 2. The topological polar surface area (TPSA) is 88.4 Å². The highest BCUT2D eigenvalue weighted by molar-refractivity contribution is 7.07. The van der Waals surface area contributed by atoms with Crippen LogP contribution >= 0.6 is 11.3 Å². The van der Waals surface area contributed by atoms with E-state index in [9.17, 15) is 9.59 Å². The zero-order chi connectivity index (χ0) is 25.8. The van der Waals surface area contributed by atoms with Crippen LogP contribution in [0.15, 0.2) is 63.5 Å². The molecule has 8 nitrogen and oxygen atoms in total. The first-order valence-corrected chi connectivity index (χ1v) is 12.4. The summed E-state index contributed by atoms with van der Waals surface area (Å²) in [7, 11) is 3.15. The molecule has 1 atom stereocenters. The lowest BCUT2D eigenvalue weighted by molar-refractivity contribution is -0.139. The minimum absolute atomic E-state index is 0.214. The maximum Gasteiger partial charge on any atom is 0.338 e. The molecule has 0 spiro atoms. The van der Waals surface area contributed by atoms with Gasteiger partial charge in [0.1, 0.15) is 17.2 Å². The number of hydrogen-bond acceptors (Lipinski definition) is 8. The van der Waals surface area contributed by atoms with Crippen molar-refractivity contribution in [3.63, 3.8) is 0 Å². The molecule has 3 aromatic rings. The molecule has 0 bridgehead atoms. The van der Waals surface area contributed by atoms with E-state index in [1.807, 2.05) is 31.2 Å². The van der Waals surface area contributed by atoms with Gasteiger partial charge in [-0.3, -0.25) is 9.36 Å². The van der Waals surface area contributed by atoms with Gasteiger partial charge in [0.25, 0.3) is 5.56 Å². The Balaban J connectivity index is 1.93. The quantitative estimate of drug-likeness (QED) is 0.434. The van der Waals surface area contributed by atoms with Crippen molar-refractivity contribution in [3.05, 3.63) is 84.5 Å². The summed E-state index contributed by atoms with van der Waals surface area (Å²) < 4.78 is 23.7. The monoisotopic (exact) mass is 508 g/mol. The van der Waals surface area contributed by atoms with Crippen LogP contribution in [0.2, 0.25) is 0 Å². The molecule has 9 heteroatoms. The maximum absolute atomic E-state index is 13.8. The summed E-state index contributed by atoms with van der Waals surface area (Å²) in [5, 5.41) is 0. The number of hydrogen-bond donors (Lipinski definition) is 0. The predicted molar refractivity (Wildman–Crippen MR) is 138 cm³/mol. The molecule has 0 fully saturated rings. The summed E-state index contributed by atoms with van der Waals surface area (Å²) in [4.78, 5) is 31.9. The fourth-order valence-electron chi connectivity index (χ4n) is 4.11. The van der Waals surface area contributed by atoms with Crippen LogP contribution in [0.25, 0.3) is 6.08 Å². The van der Waals surface area contributed by atoms with Crippen molar-refractivity contribution in [2.24, 2.45) is 4.99 Å². The van der Waals surface area contributed by atoms with Crippen molar-refractivity contribution in [2.75, 3.05) is 27.4 Å². The number of aromatic nitrogens is 1. The first-order valence-electron chi connectivity index (χ1n) is 11.6. The third kappa shape index (κ3) is 4.79. The number of allylic oxidation sites excluding steroid dienone is 1. The molecule has 1 aliphatic heterocycles. The van der Waals surface area contributed by atoms with Gasteiger partial charge in [0, 0.05) is 5.56 Å². The summed E-state index contributed by atoms with van der Waals surface area (Å²) in [6.07, 6.45) is 1.75. The van der Waals surface area contributed by atoms with E-state index in [0.717, 1.165) is 5.56 Å². The van der Waals surface area contributed by atoms with Gasteiger partial charge in [-0.1, -0.05) is 23.5 Å². The first kappa shape index (κ1) is 25.2. The van der Waals surface area contributed by atoms with Crippen molar-refractivity contribution < 1.29 is 23.7 Å². The standard InChI is InChI=1S/C27H28N2O6S/c1-6-34-19-10-8-17(9-11-19)24-23(26(31)35-7-2)16(3)28-27-29(24)25(30)22(36-27)15-18-14-20(32-4)12-13-21(18)33-5/h8-15,24H,6-7H2,1-5H3. The van der Waals surface area contributed by atoms with Gasteiger partial charge in [-0.15, -0.1) is 0 Å². The highest BCUT2D eigenvalue weighted by Gasteiger charge is 2.33. The molecule has 1 aromatic heterocycles. The number of carbonyl (C=O) groups is 1. The van der Waals surface area contributed by atoms with E-state index in [-0.39, 0.29) is 12.2 Å². The fraction of sp³-hybridized carbons (Fsp3) is 0.296. The number of rotatable bonds is 8. The van der Waals surface area contributed by atoms with E-state index in [0.29, 0.717) is 50.0 Å². The number of nitrogens with zero attached hydrogens (tertiary/aromatic N) is 2. The average Bonchev–Trinajstić information content (AvgIpc) is 3.18. The highest BCUT2D eigenvalue weighted by Crippen LogP contribution is 2.32. The van der Waals surface area contributed by atoms with E-state index in [2.05, 4.69) is 4.99 Å². The highest BCUT2D eigenvalue weighted by atomic mass is 32.1. The van der Waals surface area contributed by atoms with Crippen LogP contribution in [0, 0.1) is 0 Å². The number of fused-ring (bicyclic) bond motifs is 1. The van der Waals surface area contributed by atoms with Crippen LogP contribution in [0.5, 0.6) is 17.2 Å². The zero-order valence-electron chi connectivity index (χ0n) is 20.9. The summed E-state index contributed by atoms with van der Waals surface area (Å²) in [5.41, 5.74) is 2.03. The summed E-state index contributed by atoms with van der Waals surface area (Å²) in [5.74, 6) is 1.45. The van der Waals surface area contributed by atoms with Gasteiger partial charge in [-0.25, -0.2) is 9.79 Å². The molecule has 36 heavy (non-hydrogen) atoms. The molecule has 1 unspecified atom stereocenters. The molecule has 0 amide bonds. The van der Waals surface area contributed by atoms with Crippen LogP contribution in [0.1, 0.15) is 37.9 Å². The molecule has 0 saturated heterocycles. The van der Waals surface area contributed by atoms with Crippen LogP contribution in [0.3, 0.4) is 0 Å². The Labute approximate surface area is 212 Å². The lowest BCUT2D eigenvalue weighted by Crippen LogP contribution is -2.39. The molecule has 0 saturated carbocycles.